The summed E-state index contributed by atoms with van der Waals surface area (Å²) in [6, 6.07) is 101. The summed E-state index contributed by atoms with van der Waals surface area (Å²) in [5, 5.41) is 27.8. The van der Waals surface area contributed by atoms with Crippen LogP contribution in [0.4, 0.5) is 34.1 Å². The van der Waals surface area contributed by atoms with E-state index < -0.39 is 0 Å². The van der Waals surface area contributed by atoms with Gasteiger partial charge in [0.05, 0.1) is 40.0 Å². The zero-order chi connectivity index (χ0) is 50.2. The van der Waals surface area contributed by atoms with Crippen molar-refractivity contribution < 1.29 is 0 Å². The van der Waals surface area contributed by atoms with Crippen LogP contribution in [0.1, 0.15) is 11.1 Å². The Labute approximate surface area is 435 Å². The monoisotopic (exact) mass is 955 g/mol. The van der Waals surface area contributed by atoms with Crippen molar-refractivity contribution in [2.75, 3.05) is 9.80 Å². The molecule has 1 heterocycles. The summed E-state index contributed by atoms with van der Waals surface area (Å²) in [6.07, 6.45) is 0. The highest BCUT2D eigenvalue weighted by molar-refractivity contribution is 6.13. The van der Waals surface area contributed by atoms with Crippen molar-refractivity contribution in [3.8, 4) is 51.2 Å². The lowest BCUT2D eigenvalue weighted by Crippen LogP contribution is -2.09. The topological polar surface area (TPSA) is 59.0 Å². The van der Waals surface area contributed by atoms with Crippen molar-refractivity contribution in [3.63, 3.8) is 0 Å². The minimum Gasteiger partial charge on any atom is -0.310 e. The molecule has 0 aliphatic rings. The summed E-state index contributed by atoms with van der Waals surface area (Å²) in [6.45, 7) is 0. The van der Waals surface area contributed by atoms with Gasteiger partial charge in [0.1, 0.15) is 0 Å². The van der Waals surface area contributed by atoms with Gasteiger partial charge in [-0.3, -0.25) is 0 Å². The molecular formula is C70H45N5. The summed E-state index contributed by atoms with van der Waals surface area (Å²) in [4.78, 5) is 4.64. The highest BCUT2D eigenvalue weighted by Crippen LogP contribution is 2.46. The molecule has 75 heavy (non-hydrogen) atoms. The Morgan fingerprint density at radius 3 is 1.15 bits per heavy atom. The summed E-state index contributed by atoms with van der Waals surface area (Å²) in [7, 11) is 0. The van der Waals surface area contributed by atoms with Crippen LogP contribution in [0, 0.1) is 22.7 Å². The fraction of sp³-hybridized carbons (Fsp3) is 0. The number of anilines is 6. The molecule has 12 aromatic carbocycles. The summed E-state index contributed by atoms with van der Waals surface area (Å²) in [5.74, 6) is 0. The first kappa shape index (κ1) is 44.5. The van der Waals surface area contributed by atoms with Gasteiger partial charge in [0, 0.05) is 61.6 Å². The lowest BCUT2D eigenvalue weighted by Gasteiger charge is -2.26. The summed E-state index contributed by atoms with van der Waals surface area (Å²) < 4.78 is 2.40. The highest BCUT2D eigenvalue weighted by Gasteiger charge is 2.24. The van der Waals surface area contributed by atoms with Crippen molar-refractivity contribution in [3.05, 3.63) is 284 Å². The molecular weight excluding hydrogens is 911 g/mol. The molecule has 350 valence electrons. The van der Waals surface area contributed by atoms with E-state index in [2.05, 4.69) is 257 Å². The minimum atomic E-state index is 0.572. The van der Waals surface area contributed by atoms with Gasteiger partial charge < -0.3 is 14.4 Å². The van der Waals surface area contributed by atoms with Crippen LogP contribution in [0.3, 0.4) is 0 Å². The smallest absolute Gasteiger partial charge is 0.0998 e. The van der Waals surface area contributed by atoms with Crippen LogP contribution in [0.2, 0.25) is 0 Å². The van der Waals surface area contributed by atoms with Crippen molar-refractivity contribution >= 4 is 77.5 Å². The highest BCUT2D eigenvalue weighted by atomic mass is 15.1. The predicted octanol–water partition coefficient (Wildman–Crippen LogP) is 18.8. The molecule has 0 unspecified atom stereocenters. The first-order valence-corrected chi connectivity index (χ1v) is 25.1. The van der Waals surface area contributed by atoms with Gasteiger partial charge in [-0.2, -0.15) is 10.5 Å². The van der Waals surface area contributed by atoms with Gasteiger partial charge >= 0.3 is 0 Å². The second-order valence-electron chi connectivity index (χ2n) is 18.7. The molecule has 5 nitrogen and oxygen atoms in total. The Bertz CT molecular complexity index is 4160. The molecule has 0 aliphatic heterocycles. The summed E-state index contributed by atoms with van der Waals surface area (Å²) in [5.41, 5.74) is 15.9. The first-order valence-electron chi connectivity index (χ1n) is 25.1. The molecule has 0 saturated heterocycles. The molecule has 5 heteroatoms. The molecule has 0 fully saturated rings. The molecule has 0 bridgehead atoms. The number of aromatic nitrogens is 1. The maximum Gasteiger partial charge on any atom is 0.0998 e. The molecule has 0 spiro atoms. The van der Waals surface area contributed by atoms with Crippen LogP contribution in [0.5, 0.6) is 0 Å². The average Bonchev–Trinajstić information content (AvgIpc) is 3.81. The average molecular weight is 956 g/mol. The van der Waals surface area contributed by atoms with Crippen LogP contribution in [-0.2, 0) is 0 Å². The third-order valence-electron chi connectivity index (χ3n) is 14.4. The molecule has 1 aromatic heterocycles. The van der Waals surface area contributed by atoms with E-state index in [1.165, 1.54) is 0 Å². The molecule has 13 rings (SSSR count). The van der Waals surface area contributed by atoms with Gasteiger partial charge in [-0.15, -0.1) is 0 Å². The molecule has 0 atom stereocenters. The van der Waals surface area contributed by atoms with E-state index in [0.29, 0.717) is 11.1 Å². The third-order valence-corrected chi connectivity index (χ3v) is 14.4. The molecule has 0 aliphatic carbocycles. The fourth-order valence-electron chi connectivity index (χ4n) is 10.9. The standard InChI is InChI=1S/C70H45N5/c71-46-53-39-48-19-13-15-21-50(48)41-63(53)52-33-36-61(65(43-52)64-42-51-22-16-14-20-49(51)40-54(64)47-72)62-31-17-18-32-68(62)75-69-37-34-59(73(55-23-5-1-6-24-55)56-25-7-2-8-26-56)44-66(69)67-45-60(35-38-70(67)75)74(57-27-9-3-10-28-57)58-29-11-4-12-30-58/h1-45H. The largest absolute Gasteiger partial charge is 0.310 e. The lowest BCUT2D eigenvalue weighted by molar-refractivity contribution is 1.18. The Balaban J connectivity index is 1.08. The van der Waals surface area contributed by atoms with Gasteiger partial charge in [-0.1, -0.05) is 152 Å². The number of hydrogen-bond acceptors (Lipinski definition) is 4. The van der Waals surface area contributed by atoms with Crippen molar-refractivity contribution in [1.82, 2.24) is 4.57 Å². The Kier molecular flexibility index (Phi) is 11.2. The second-order valence-corrected chi connectivity index (χ2v) is 18.7. The zero-order valence-electron chi connectivity index (χ0n) is 40.7. The molecule has 0 N–H and O–H groups in total. The normalized spacial score (nSPS) is 11.2. The lowest BCUT2D eigenvalue weighted by atomic mass is 9.86. The Morgan fingerprint density at radius 1 is 0.280 bits per heavy atom. The number of nitriles is 2. The SMILES string of the molecule is N#Cc1cc2ccccc2cc1-c1ccc(-c2ccccc2-n2c3ccc(N(c4ccccc4)c4ccccc4)cc3c3cc(N(c4ccccc4)c4ccccc4)ccc32)c(-c2cc3ccccc3cc2C#N)c1. The van der Waals surface area contributed by atoms with Crippen molar-refractivity contribution in [1.29, 1.82) is 10.5 Å². The number of hydrogen-bond donors (Lipinski definition) is 0. The van der Waals surface area contributed by atoms with Crippen molar-refractivity contribution in [2.24, 2.45) is 0 Å². The van der Waals surface area contributed by atoms with E-state index >= 15 is 0 Å². The summed E-state index contributed by atoms with van der Waals surface area (Å²) >= 11 is 0. The number of fused-ring (bicyclic) bond motifs is 5. The van der Waals surface area contributed by atoms with Gasteiger partial charge in [0.25, 0.3) is 0 Å². The fourth-order valence-corrected chi connectivity index (χ4v) is 10.9. The van der Waals surface area contributed by atoms with Gasteiger partial charge in [-0.05, 0) is 160 Å². The van der Waals surface area contributed by atoms with E-state index in [1.54, 1.807) is 0 Å². The van der Waals surface area contributed by atoms with Gasteiger partial charge in [0.2, 0.25) is 0 Å². The molecule has 13 aromatic rings. The maximum atomic E-state index is 10.9. The van der Waals surface area contributed by atoms with Crippen LogP contribution >= 0.6 is 0 Å². The Hall–Kier alpha value is -10.5. The van der Waals surface area contributed by atoms with E-state index in [1.807, 2.05) is 42.5 Å². The van der Waals surface area contributed by atoms with E-state index in [-0.39, 0.29) is 0 Å². The molecule has 0 radical (unpaired) electrons. The quantitative estimate of drug-likeness (QED) is 0.137. The predicted molar refractivity (Wildman–Crippen MR) is 311 cm³/mol. The molecule has 0 saturated carbocycles. The van der Waals surface area contributed by atoms with Crippen molar-refractivity contribution in [2.45, 2.75) is 0 Å². The molecule has 0 amide bonds. The van der Waals surface area contributed by atoms with E-state index in [0.717, 1.165) is 117 Å². The zero-order valence-corrected chi connectivity index (χ0v) is 40.7. The number of benzene rings is 12. The van der Waals surface area contributed by atoms with Crippen LogP contribution in [0.25, 0.3) is 82.4 Å². The van der Waals surface area contributed by atoms with Crippen LogP contribution < -0.4 is 9.80 Å². The third kappa shape index (κ3) is 7.99. The van der Waals surface area contributed by atoms with Gasteiger partial charge in [-0.25, -0.2) is 0 Å². The van der Waals surface area contributed by atoms with Crippen LogP contribution in [0.15, 0.2) is 273 Å². The second kappa shape index (κ2) is 18.9. The van der Waals surface area contributed by atoms with E-state index in [4.69, 9.17) is 0 Å². The number of nitrogens with zero attached hydrogens (tertiary/aromatic N) is 5. The van der Waals surface area contributed by atoms with Gasteiger partial charge in [0.15, 0.2) is 0 Å². The minimum absolute atomic E-state index is 0.572. The number of para-hydroxylation sites is 5. The van der Waals surface area contributed by atoms with Crippen LogP contribution in [-0.4, -0.2) is 4.57 Å². The van der Waals surface area contributed by atoms with E-state index in [9.17, 15) is 10.5 Å². The first-order chi connectivity index (χ1) is 37.1. The number of rotatable bonds is 10. The maximum absolute atomic E-state index is 10.9. The Morgan fingerprint density at radius 2 is 0.680 bits per heavy atom.